The maximum atomic E-state index is 10.6. The largest absolute Gasteiger partial charge is 0.505 e. The first-order valence-electron chi connectivity index (χ1n) is 4.02. The molecule has 0 atom stereocenters. The molecule has 0 aliphatic carbocycles. The molecule has 0 spiro atoms. The van der Waals surface area contributed by atoms with Gasteiger partial charge in [-0.1, -0.05) is 6.07 Å². The number of anilines is 1. The van der Waals surface area contributed by atoms with Crippen molar-refractivity contribution in [3.05, 3.63) is 23.3 Å². The molecule has 1 heterocycles. The Hall–Kier alpha value is -1.71. The Morgan fingerprint density at radius 1 is 1.46 bits per heavy atom. The second-order valence-corrected chi connectivity index (χ2v) is 2.98. The average molecular weight is 179 g/mol. The minimum Gasteiger partial charge on any atom is -0.505 e. The summed E-state index contributed by atoms with van der Waals surface area (Å²) in [4.78, 5) is 10.6. The van der Waals surface area contributed by atoms with Gasteiger partial charge in [0.1, 0.15) is 5.56 Å². The topological polar surface area (TPSA) is 69.6 Å². The van der Waals surface area contributed by atoms with E-state index in [9.17, 15) is 9.90 Å². The Morgan fingerprint density at radius 3 is 2.92 bits per heavy atom. The third-order valence-corrected chi connectivity index (χ3v) is 2.19. The molecule has 68 valence electrons. The van der Waals surface area contributed by atoms with Gasteiger partial charge in [0.2, 0.25) is 0 Å². The molecule has 0 aromatic heterocycles. The summed E-state index contributed by atoms with van der Waals surface area (Å²) in [5.74, 6) is -1.25. The van der Waals surface area contributed by atoms with E-state index in [1.807, 2.05) is 0 Å². The number of benzene rings is 1. The zero-order chi connectivity index (χ0) is 9.42. The van der Waals surface area contributed by atoms with Gasteiger partial charge < -0.3 is 15.5 Å². The van der Waals surface area contributed by atoms with E-state index in [1.165, 1.54) is 6.07 Å². The van der Waals surface area contributed by atoms with Crippen LogP contribution in [0.5, 0.6) is 5.75 Å². The second kappa shape index (κ2) is 2.65. The van der Waals surface area contributed by atoms with Crippen molar-refractivity contribution in [2.24, 2.45) is 0 Å². The van der Waals surface area contributed by atoms with Crippen molar-refractivity contribution in [1.82, 2.24) is 0 Å². The smallest absolute Gasteiger partial charge is 0.339 e. The normalized spacial score (nSPS) is 13.5. The highest BCUT2D eigenvalue weighted by atomic mass is 16.4. The number of fused-ring (bicyclic) bond motifs is 1. The Bertz CT molecular complexity index is 373. The molecule has 0 saturated carbocycles. The summed E-state index contributed by atoms with van der Waals surface area (Å²) >= 11 is 0. The summed E-state index contributed by atoms with van der Waals surface area (Å²) in [7, 11) is 0. The van der Waals surface area contributed by atoms with Gasteiger partial charge in [-0.25, -0.2) is 4.79 Å². The Kier molecular flexibility index (Phi) is 1.62. The van der Waals surface area contributed by atoms with E-state index in [0.29, 0.717) is 5.69 Å². The maximum Gasteiger partial charge on any atom is 0.339 e. The summed E-state index contributed by atoms with van der Waals surface area (Å²) < 4.78 is 0. The highest BCUT2D eigenvalue weighted by Gasteiger charge is 2.19. The lowest BCUT2D eigenvalue weighted by molar-refractivity contribution is 0.0694. The van der Waals surface area contributed by atoms with Crippen LogP contribution in [-0.2, 0) is 6.42 Å². The number of carbonyl (C=O) groups is 1. The summed E-state index contributed by atoms with van der Waals surface area (Å²) in [6.07, 6.45) is 0.836. The molecule has 1 aliphatic rings. The average Bonchev–Trinajstić information content (AvgIpc) is 2.52. The molecule has 4 heteroatoms. The molecular formula is C9H9NO3. The molecule has 0 bridgehead atoms. The molecule has 4 nitrogen and oxygen atoms in total. The van der Waals surface area contributed by atoms with E-state index in [-0.39, 0.29) is 11.3 Å². The van der Waals surface area contributed by atoms with Crippen LogP contribution in [0.25, 0.3) is 0 Å². The maximum absolute atomic E-state index is 10.6. The molecule has 1 aromatic rings. The molecule has 0 radical (unpaired) electrons. The molecule has 0 unspecified atom stereocenters. The van der Waals surface area contributed by atoms with Crippen LogP contribution in [0.1, 0.15) is 15.9 Å². The van der Waals surface area contributed by atoms with E-state index in [1.54, 1.807) is 6.07 Å². The van der Waals surface area contributed by atoms with E-state index in [4.69, 9.17) is 5.11 Å². The van der Waals surface area contributed by atoms with Crippen molar-refractivity contribution in [3.63, 3.8) is 0 Å². The van der Waals surface area contributed by atoms with Crippen molar-refractivity contribution < 1.29 is 15.0 Å². The number of hydrogen-bond donors (Lipinski definition) is 3. The van der Waals surface area contributed by atoms with Crippen LogP contribution in [0, 0.1) is 0 Å². The van der Waals surface area contributed by atoms with Gasteiger partial charge in [0, 0.05) is 6.54 Å². The van der Waals surface area contributed by atoms with Crippen molar-refractivity contribution >= 4 is 11.7 Å². The molecule has 0 saturated heterocycles. The number of rotatable bonds is 1. The van der Waals surface area contributed by atoms with Crippen molar-refractivity contribution in [2.75, 3.05) is 11.9 Å². The highest BCUT2D eigenvalue weighted by Crippen LogP contribution is 2.34. The lowest BCUT2D eigenvalue weighted by atomic mass is 10.1. The number of phenols is 1. The van der Waals surface area contributed by atoms with Gasteiger partial charge >= 0.3 is 5.97 Å². The lowest BCUT2D eigenvalue weighted by Crippen LogP contribution is -1.99. The number of carboxylic acid groups (broad SMARTS) is 1. The predicted octanol–water partition coefficient (Wildman–Crippen LogP) is 1.06. The third kappa shape index (κ3) is 1.11. The number of hydrogen-bond acceptors (Lipinski definition) is 3. The van der Waals surface area contributed by atoms with Crippen LogP contribution >= 0.6 is 0 Å². The molecular weight excluding hydrogens is 170 g/mol. The van der Waals surface area contributed by atoms with E-state index in [0.717, 1.165) is 18.5 Å². The standard InChI is InChI=1S/C9H9NO3/c11-8-6(9(12)13)2-1-5-3-4-10-7(5)8/h1-2,10-11H,3-4H2,(H,12,13). The SMILES string of the molecule is O=C(O)c1ccc2c(c1O)NCC2. The summed E-state index contributed by atoms with van der Waals surface area (Å²) in [5, 5.41) is 21.2. The summed E-state index contributed by atoms with van der Waals surface area (Å²) in [5.41, 5.74) is 1.50. The van der Waals surface area contributed by atoms with Gasteiger partial charge in [-0.15, -0.1) is 0 Å². The molecule has 0 amide bonds. The molecule has 1 aromatic carbocycles. The minimum atomic E-state index is -1.10. The molecule has 13 heavy (non-hydrogen) atoms. The molecule has 3 N–H and O–H groups in total. The van der Waals surface area contributed by atoms with Crippen LogP contribution in [0.15, 0.2) is 12.1 Å². The lowest BCUT2D eigenvalue weighted by Gasteiger charge is -2.05. The van der Waals surface area contributed by atoms with Gasteiger partial charge in [0.25, 0.3) is 0 Å². The summed E-state index contributed by atoms with van der Waals surface area (Å²) in [6, 6.07) is 3.17. The van der Waals surface area contributed by atoms with Crippen LogP contribution in [0.3, 0.4) is 0 Å². The van der Waals surface area contributed by atoms with Crippen LogP contribution in [0.4, 0.5) is 5.69 Å². The second-order valence-electron chi connectivity index (χ2n) is 2.98. The molecule has 0 fully saturated rings. The van der Waals surface area contributed by atoms with Crippen LogP contribution in [-0.4, -0.2) is 22.7 Å². The van der Waals surface area contributed by atoms with E-state index < -0.39 is 5.97 Å². The fourth-order valence-corrected chi connectivity index (χ4v) is 1.53. The van der Waals surface area contributed by atoms with Gasteiger partial charge in [-0.05, 0) is 18.1 Å². The van der Waals surface area contributed by atoms with E-state index in [2.05, 4.69) is 5.32 Å². The number of aromatic hydroxyl groups is 1. The highest BCUT2D eigenvalue weighted by molar-refractivity contribution is 5.94. The zero-order valence-electron chi connectivity index (χ0n) is 6.87. The van der Waals surface area contributed by atoms with Crippen molar-refractivity contribution in [3.8, 4) is 5.75 Å². The minimum absolute atomic E-state index is 0.0480. The number of carboxylic acids is 1. The number of nitrogens with one attached hydrogen (secondary N) is 1. The Labute approximate surface area is 74.8 Å². The van der Waals surface area contributed by atoms with Gasteiger partial charge in [-0.2, -0.15) is 0 Å². The van der Waals surface area contributed by atoms with E-state index >= 15 is 0 Å². The van der Waals surface area contributed by atoms with Gasteiger partial charge in [-0.3, -0.25) is 0 Å². The quantitative estimate of drug-likeness (QED) is 0.564. The molecule has 2 rings (SSSR count). The first-order valence-corrected chi connectivity index (χ1v) is 4.02. The first kappa shape index (κ1) is 7.91. The fraction of sp³-hybridized carbons (Fsp3) is 0.222. The Balaban J connectivity index is 2.59. The monoisotopic (exact) mass is 179 g/mol. The van der Waals surface area contributed by atoms with Crippen LogP contribution < -0.4 is 5.32 Å². The van der Waals surface area contributed by atoms with Gasteiger partial charge in [0.15, 0.2) is 5.75 Å². The number of aromatic carboxylic acids is 1. The Morgan fingerprint density at radius 2 is 2.23 bits per heavy atom. The third-order valence-electron chi connectivity index (χ3n) is 2.19. The predicted molar refractivity (Wildman–Crippen MR) is 47.3 cm³/mol. The zero-order valence-corrected chi connectivity index (χ0v) is 6.87. The van der Waals surface area contributed by atoms with Crippen molar-refractivity contribution in [1.29, 1.82) is 0 Å². The van der Waals surface area contributed by atoms with Crippen LogP contribution in [0.2, 0.25) is 0 Å². The fourth-order valence-electron chi connectivity index (χ4n) is 1.53. The first-order chi connectivity index (χ1) is 6.20. The van der Waals surface area contributed by atoms with Gasteiger partial charge in [0.05, 0.1) is 5.69 Å². The molecule has 1 aliphatic heterocycles. The summed E-state index contributed by atoms with van der Waals surface area (Å²) in [6.45, 7) is 0.756. The van der Waals surface area contributed by atoms with Crippen molar-refractivity contribution in [2.45, 2.75) is 6.42 Å².